The zero-order valence-corrected chi connectivity index (χ0v) is 14.1. The molecule has 2 fully saturated rings. The van der Waals surface area contributed by atoms with Gasteiger partial charge in [-0.15, -0.1) is 0 Å². The van der Waals surface area contributed by atoms with Crippen molar-refractivity contribution in [1.29, 1.82) is 0 Å². The van der Waals surface area contributed by atoms with Crippen molar-refractivity contribution in [3.05, 3.63) is 42.2 Å². The van der Waals surface area contributed by atoms with Gasteiger partial charge in [0.05, 0.1) is 32.1 Å². The number of hydrogen-bond donors (Lipinski definition) is 1. The number of benzene rings is 1. The molecule has 134 valence electrons. The molecule has 0 spiro atoms. The first kappa shape index (κ1) is 16.7. The van der Waals surface area contributed by atoms with Gasteiger partial charge in [-0.1, -0.05) is 18.6 Å². The molecule has 2 heterocycles. The Balaban J connectivity index is 1.49. The van der Waals surface area contributed by atoms with Crippen LogP contribution >= 0.6 is 0 Å². The number of aliphatic hydroxyl groups excluding tert-OH is 1. The first-order valence-electron chi connectivity index (χ1n) is 8.91. The van der Waals surface area contributed by atoms with Gasteiger partial charge in [0.1, 0.15) is 5.82 Å². The van der Waals surface area contributed by atoms with Crippen molar-refractivity contribution in [3.8, 4) is 11.3 Å². The molecule has 6 heteroatoms. The summed E-state index contributed by atoms with van der Waals surface area (Å²) in [5.41, 5.74) is 0.684. The zero-order valence-electron chi connectivity index (χ0n) is 14.1. The number of halogens is 1. The lowest BCUT2D eigenvalue weighted by Gasteiger charge is -2.39. The summed E-state index contributed by atoms with van der Waals surface area (Å²) in [4.78, 5) is 6.66. The van der Waals surface area contributed by atoms with Crippen molar-refractivity contribution < 1.29 is 18.7 Å². The van der Waals surface area contributed by atoms with Gasteiger partial charge in [0.25, 0.3) is 0 Å². The smallest absolute Gasteiger partial charge is 0.209 e. The van der Waals surface area contributed by atoms with E-state index in [0.29, 0.717) is 37.0 Å². The van der Waals surface area contributed by atoms with Crippen LogP contribution in [0.15, 0.2) is 34.9 Å². The van der Waals surface area contributed by atoms with E-state index in [1.807, 2.05) is 0 Å². The van der Waals surface area contributed by atoms with Gasteiger partial charge >= 0.3 is 0 Å². The van der Waals surface area contributed by atoms with Crippen LogP contribution in [0.1, 0.15) is 25.2 Å². The monoisotopic (exact) mass is 346 g/mol. The number of ether oxygens (including phenoxy) is 1. The van der Waals surface area contributed by atoms with E-state index in [9.17, 15) is 9.50 Å². The maximum atomic E-state index is 13.4. The second kappa shape index (κ2) is 7.23. The van der Waals surface area contributed by atoms with E-state index < -0.39 is 0 Å². The van der Waals surface area contributed by atoms with Gasteiger partial charge in [0.2, 0.25) is 5.89 Å². The molecule has 25 heavy (non-hydrogen) atoms. The Labute approximate surface area is 146 Å². The third kappa shape index (κ3) is 3.61. The molecule has 1 saturated carbocycles. The van der Waals surface area contributed by atoms with E-state index >= 15 is 0 Å². The highest BCUT2D eigenvalue weighted by Gasteiger charge is 2.37. The van der Waals surface area contributed by atoms with Gasteiger partial charge < -0.3 is 14.3 Å². The Morgan fingerprint density at radius 2 is 2.24 bits per heavy atom. The van der Waals surface area contributed by atoms with E-state index in [4.69, 9.17) is 9.15 Å². The number of aromatic nitrogens is 1. The van der Waals surface area contributed by atoms with E-state index in [2.05, 4.69) is 9.88 Å². The molecule has 1 aromatic carbocycles. The quantitative estimate of drug-likeness (QED) is 0.922. The molecule has 3 atom stereocenters. The molecule has 0 radical (unpaired) electrons. The molecule has 2 aliphatic rings. The lowest BCUT2D eigenvalue weighted by atomic mass is 9.94. The molecule has 0 unspecified atom stereocenters. The second-order valence-corrected chi connectivity index (χ2v) is 6.90. The SMILES string of the molecule is O[C@@H]1CCC[C@@H]1[C@H]1COCCN1Cc1ncc(-c2cccc(F)c2)o1. The largest absolute Gasteiger partial charge is 0.439 e. The van der Waals surface area contributed by atoms with Crippen LogP contribution in [0.4, 0.5) is 4.39 Å². The maximum absolute atomic E-state index is 13.4. The first-order chi connectivity index (χ1) is 12.2. The van der Waals surface area contributed by atoms with Crippen molar-refractivity contribution in [1.82, 2.24) is 9.88 Å². The summed E-state index contributed by atoms with van der Waals surface area (Å²) in [6, 6.07) is 6.50. The third-order valence-electron chi connectivity index (χ3n) is 5.31. The van der Waals surface area contributed by atoms with Gasteiger partial charge in [0.15, 0.2) is 5.76 Å². The Kier molecular flexibility index (Phi) is 4.83. The minimum absolute atomic E-state index is 0.191. The van der Waals surface area contributed by atoms with E-state index in [1.165, 1.54) is 12.1 Å². The summed E-state index contributed by atoms with van der Waals surface area (Å²) in [5.74, 6) is 1.13. The lowest BCUT2D eigenvalue weighted by Crippen LogP contribution is -2.50. The summed E-state index contributed by atoms with van der Waals surface area (Å²) >= 11 is 0. The second-order valence-electron chi connectivity index (χ2n) is 6.90. The van der Waals surface area contributed by atoms with Crippen LogP contribution in [0, 0.1) is 11.7 Å². The molecular formula is C19H23FN2O3. The minimum atomic E-state index is -0.293. The molecule has 5 nitrogen and oxygen atoms in total. The molecule has 1 aliphatic heterocycles. The predicted molar refractivity (Wildman–Crippen MR) is 90.3 cm³/mol. The van der Waals surface area contributed by atoms with Crippen molar-refractivity contribution in [2.75, 3.05) is 19.8 Å². The standard InChI is InChI=1S/C19H23FN2O3/c20-14-4-1-3-13(9-14)18-10-21-19(25-18)11-22-7-8-24-12-16(22)15-5-2-6-17(15)23/h1,3-4,9-10,15-17,23H,2,5-8,11-12H2/t15-,16-,17-/m1/s1. The average molecular weight is 346 g/mol. The van der Waals surface area contributed by atoms with E-state index in [-0.39, 0.29) is 23.9 Å². The number of nitrogens with zero attached hydrogens (tertiary/aromatic N) is 2. The highest BCUT2D eigenvalue weighted by molar-refractivity contribution is 5.56. The first-order valence-corrected chi connectivity index (χ1v) is 8.91. The van der Waals surface area contributed by atoms with Crippen LogP contribution in [0.25, 0.3) is 11.3 Å². The van der Waals surface area contributed by atoms with Crippen LogP contribution in [0.5, 0.6) is 0 Å². The molecule has 2 aromatic rings. The number of hydrogen-bond acceptors (Lipinski definition) is 5. The van der Waals surface area contributed by atoms with Gasteiger partial charge in [-0.3, -0.25) is 4.90 Å². The molecule has 4 rings (SSSR count). The molecule has 1 aromatic heterocycles. The van der Waals surface area contributed by atoms with Crippen LogP contribution in [-0.2, 0) is 11.3 Å². The molecule has 1 N–H and O–H groups in total. The van der Waals surface area contributed by atoms with Gasteiger partial charge in [-0.05, 0) is 25.0 Å². The Hall–Kier alpha value is -1.76. The molecule has 1 aliphatic carbocycles. The minimum Gasteiger partial charge on any atom is -0.439 e. The lowest BCUT2D eigenvalue weighted by molar-refractivity contribution is -0.0562. The van der Waals surface area contributed by atoms with Gasteiger partial charge in [0, 0.05) is 24.1 Å². The van der Waals surface area contributed by atoms with Crippen molar-refractivity contribution >= 4 is 0 Å². The predicted octanol–water partition coefficient (Wildman–Crippen LogP) is 2.84. The third-order valence-corrected chi connectivity index (χ3v) is 5.31. The van der Waals surface area contributed by atoms with Crippen LogP contribution in [0.3, 0.4) is 0 Å². The van der Waals surface area contributed by atoms with E-state index in [1.54, 1.807) is 18.3 Å². The fraction of sp³-hybridized carbons (Fsp3) is 0.526. The number of morpholine rings is 1. The topological polar surface area (TPSA) is 58.7 Å². The Morgan fingerprint density at radius 1 is 1.32 bits per heavy atom. The Morgan fingerprint density at radius 3 is 3.04 bits per heavy atom. The van der Waals surface area contributed by atoms with Crippen LogP contribution in [0.2, 0.25) is 0 Å². The number of rotatable bonds is 4. The normalized spacial score (nSPS) is 27.7. The molecule has 1 saturated heterocycles. The molecule has 0 amide bonds. The highest BCUT2D eigenvalue weighted by Crippen LogP contribution is 2.33. The summed E-state index contributed by atoms with van der Waals surface area (Å²) < 4.78 is 24.9. The summed E-state index contributed by atoms with van der Waals surface area (Å²) in [5, 5.41) is 10.2. The number of oxazole rings is 1. The van der Waals surface area contributed by atoms with Gasteiger partial charge in [-0.2, -0.15) is 0 Å². The average Bonchev–Trinajstić information content (AvgIpc) is 3.25. The fourth-order valence-electron chi connectivity index (χ4n) is 4.00. The van der Waals surface area contributed by atoms with Gasteiger partial charge in [-0.25, -0.2) is 9.37 Å². The van der Waals surface area contributed by atoms with E-state index in [0.717, 1.165) is 25.8 Å². The molecule has 0 bridgehead atoms. The zero-order chi connectivity index (χ0) is 17.2. The van der Waals surface area contributed by atoms with Crippen molar-refractivity contribution in [2.45, 2.75) is 38.0 Å². The fourth-order valence-corrected chi connectivity index (χ4v) is 4.00. The van der Waals surface area contributed by atoms with Crippen molar-refractivity contribution in [3.63, 3.8) is 0 Å². The summed E-state index contributed by atoms with van der Waals surface area (Å²) in [6.07, 6.45) is 4.37. The Bertz CT molecular complexity index is 720. The number of aliphatic hydroxyl groups is 1. The molecular weight excluding hydrogens is 323 g/mol. The van der Waals surface area contributed by atoms with Crippen LogP contribution < -0.4 is 0 Å². The maximum Gasteiger partial charge on any atom is 0.209 e. The summed E-state index contributed by atoms with van der Waals surface area (Å²) in [7, 11) is 0. The van der Waals surface area contributed by atoms with Crippen molar-refractivity contribution in [2.24, 2.45) is 5.92 Å². The summed E-state index contributed by atoms with van der Waals surface area (Å²) in [6.45, 7) is 2.69. The highest BCUT2D eigenvalue weighted by atomic mass is 19.1. The van der Waals surface area contributed by atoms with Crippen LogP contribution in [-0.4, -0.2) is 46.9 Å².